The molecule has 1 aliphatic heterocycles. The number of nitrogens with one attached hydrogen (secondary N) is 2. The Hall–Kier alpha value is -1.06. The molecule has 7 heteroatoms. The minimum absolute atomic E-state index is 0. The van der Waals surface area contributed by atoms with E-state index in [2.05, 4.69) is 78.2 Å². The third kappa shape index (κ3) is 8.59. The summed E-state index contributed by atoms with van der Waals surface area (Å²) in [5, 5.41) is 6.93. The van der Waals surface area contributed by atoms with Gasteiger partial charge in [-0.2, -0.15) is 0 Å². The predicted octanol–water partition coefficient (Wildman–Crippen LogP) is 3.48. The molecule has 0 aromatic heterocycles. The quantitative estimate of drug-likeness (QED) is 0.291. The molecule has 0 spiro atoms. The molecular formula is C23H42IN5O. The number of hydrogen-bond donors (Lipinski definition) is 2. The van der Waals surface area contributed by atoms with Crippen LogP contribution in [0.15, 0.2) is 23.2 Å². The molecular weight excluding hydrogens is 489 g/mol. The molecule has 1 aromatic carbocycles. The molecule has 172 valence electrons. The Morgan fingerprint density at radius 1 is 1.13 bits per heavy atom. The highest BCUT2D eigenvalue weighted by Gasteiger charge is 2.20. The summed E-state index contributed by atoms with van der Waals surface area (Å²) in [4.78, 5) is 9.47. The second-order valence-electron chi connectivity index (χ2n) is 8.07. The van der Waals surface area contributed by atoms with Gasteiger partial charge in [-0.25, -0.2) is 0 Å². The summed E-state index contributed by atoms with van der Waals surface area (Å²) in [6.07, 6.45) is 1.20. The monoisotopic (exact) mass is 531 g/mol. The van der Waals surface area contributed by atoms with Crippen LogP contribution in [0.4, 0.5) is 0 Å². The van der Waals surface area contributed by atoms with E-state index in [0.717, 1.165) is 49.9 Å². The van der Waals surface area contributed by atoms with Crippen LogP contribution in [0.25, 0.3) is 0 Å². The van der Waals surface area contributed by atoms with Gasteiger partial charge in [-0.3, -0.25) is 9.89 Å². The third-order valence-corrected chi connectivity index (χ3v) is 5.84. The number of nitrogens with zero attached hydrogens (tertiary/aromatic N) is 3. The van der Waals surface area contributed by atoms with E-state index in [1.807, 2.05) is 7.05 Å². The number of likely N-dealkylation sites (N-methyl/N-ethyl adjacent to an activating group) is 1. The lowest BCUT2D eigenvalue weighted by molar-refractivity contribution is 0.107. The zero-order valence-corrected chi connectivity index (χ0v) is 22.0. The summed E-state index contributed by atoms with van der Waals surface area (Å²) >= 11 is 0. The summed E-state index contributed by atoms with van der Waals surface area (Å²) in [5.74, 6) is 1.79. The lowest BCUT2D eigenvalue weighted by Crippen LogP contribution is -2.53. The Bertz CT molecular complexity index is 646. The van der Waals surface area contributed by atoms with E-state index < -0.39 is 0 Å². The topological polar surface area (TPSA) is 52.1 Å². The van der Waals surface area contributed by atoms with Gasteiger partial charge in [-0.05, 0) is 45.4 Å². The maximum atomic E-state index is 6.13. The van der Waals surface area contributed by atoms with Gasteiger partial charge in [0, 0.05) is 57.9 Å². The molecule has 30 heavy (non-hydrogen) atoms. The van der Waals surface area contributed by atoms with Crippen molar-refractivity contribution in [3.63, 3.8) is 0 Å². The van der Waals surface area contributed by atoms with Crippen molar-refractivity contribution < 1.29 is 4.74 Å². The molecule has 0 amide bonds. The Morgan fingerprint density at radius 2 is 1.83 bits per heavy atom. The van der Waals surface area contributed by atoms with E-state index in [1.165, 1.54) is 18.7 Å². The van der Waals surface area contributed by atoms with Gasteiger partial charge < -0.3 is 20.3 Å². The van der Waals surface area contributed by atoms with E-state index in [-0.39, 0.29) is 30.1 Å². The fourth-order valence-corrected chi connectivity index (χ4v) is 3.51. The van der Waals surface area contributed by atoms with Crippen LogP contribution in [0.2, 0.25) is 0 Å². The number of rotatable bonds is 9. The first kappa shape index (κ1) is 27.0. The van der Waals surface area contributed by atoms with Crippen molar-refractivity contribution in [3.05, 3.63) is 29.3 Å². The van der Waals surface area contributed by atoms with Crippen LogP contribution in [0, 0.1) is 6.92 Å². The van der Waals surface area contributed by atoms with E-state index in [0.29, 0.717) is 12.6 Å². The summed E-state index contributed by atoms with van der Waals surface area (Å²) in [6.45, 7) is 18.2. The molecule has 2 atom stereocenters. The van der Waals surface area contributed by atoms with Gasteiger partial charge in [0.15, 0.2) is 5.96 Å². The predicted molar refractivity (Wildman–Crippen MR) is 138 cm³/mol. The summed E-state index contributed by atoms with van der Waals surface area (Å²) in [6, 6.07) is 6.88. The number of hydrogen-bond acceptors (Lipinski definition) is 4. The number of guanidine groups is 1. The summed E-state index contributed by atoms with van der Waals surface area (Å²) in [7, 11) is 1.83. The second kappa shape index (κ2) is 14.1. The number of halogens is 1. The molecule has 1 aliphatic rings. The van der Waals surface area contributed by atoms with E-state index >= 15 is 0 Å². The molecule has 0 radical (unpaired) electrons. The van der Waals surface area contributed by atoms with Gasteiger partial charge in [-0.1, -0.05) is 26.0 Å². The normalized spacial score (nSPS) is 17.7. The minimum Gasteiger partial charge on any atom is -0.490 e. The van der Waals surface area contributed by atoms with Crippen molar-refractivity contribution in [3.8, 4) is 5.75 Å². The molecule has 2 rings (SSSR count). The maximum absolute atomic E-state index is 6.13. The second-order valence-corrected chi connectivity index (χ2v) is 8.07. The highest BCUT2D eigenvalue weighted by Crippen LogP contribution is 2.22. The van der Waals surface area contributed by atoms with Gasteiger partial charge in [0.1, 0.15) is 5.75 Å². The molecule has 2 N–H and O–H groups in total. The largest absolute Gasteiger partial charge is 0.490 e. The van der Waals surface area contributed by atoms with Crippen LogP contribution < -0.4 is 15.4 Å². The van der Waals surface area contributed by atoms with Crippen LogP contribution in [0.3, 0.4) is 0 Å². The molecule has 1 aromatic rings. The van der Waals surface area contributed by atoms with Gasteiger partial charge in [0.2, 0.25) is 0 Å². The first-order valence-electron chi connectivity index (χ1n) is 11.1. The molecule has 1 heterocycles. The highest BCUT2D eigenvalue weighted by molar-refractivity contribution is 14.0. The first-order valence-corrected chi connectivity index (χ1v) is 11.1. The van der Waals surface area contributed by atoms with Crippen molar-refractivity contribution in [2.75, 3.05) is 46.3 Å². The average Bonchev–Trinajstić information content (AvgIpc) is 2.74. The van der Waals surface area contributed by atoms with Crippen LogP contribution in [-0.2, 0) is 6.54 Å². The third-order valence-electron chi connectivity index (χ3n) is 5.84. The number of aliphatic imine (C=N–C) groups is 1. The molecule has 2 unspecified atom stereocenters. The van der Waals surface area contributed by atoms with Crippen molar-refractivity contribution in [2.45, 2.75) is 59.7 Å². The molecule has 0 aliphatic carbocycles. The Morgan fingerprint density at radius 3 is 2.43 bits per heavy atom. The van der Waals surface area contributed by atoms with Crippen LogP contribution in [0.1, 0.15) is 45.2 Å². The Labute approximate surface area is 200 Å². The molecule has 0 saturated carbocycles. The van der Waals surface area contributed by atoms with Gasteiger partial charge in [-0.15, -0.1) is 24.0 Å². The highest BCUT2D eigenvalue weighted by atomic mass is 127. The van der Waals surface area contributed by atoms with Crippen LogP contribution in [0.5, 0.6) is 5.75 Å². The fraction of sp³-hybridized carbons (Fsp3) is 0.696. The number of piperazine rings is 1. The number of benzene rings is 1. The SMILES string of the molecule is CCC(C)Oc1cc(C)ccc1CNC(=NC)NCC(C)N1CCN(CC)CC1.I. The molecule has 1 fully saturated rings. The zero-order valence-electron chi connectivity index (χ0n) is 19.7. The van der Waals surface area contributed by atoms with E-state index in [1.54, 1.807) is 0 Å². The Balaban J connectivity index is 0.00000450. The van der Waals surface area contributed by atoms with Crippen molar-refractivity contribution >= 4 is 29.9 Å². The minimum atomic E-state index is 0. The molecule has 1 saturated heterocycles. The summed E-state index contributed by atoms with van der Waals surface area (Å²) < 4.78 is 6.13. The van der Waals surface area contributed by atoms with Gasteiger partial charge in [0.05, 0.1) is 6.10 Å². The van der Waals surface area contributed by atoms with Crippen molar-refractivity contribution in [1.29, 1.82) is 0 Å². The summed E-state index contributed by atoms with van der Waals surface area (Å²) in [5.41, 5.74) is 2.37. The van der Waals surface area contributed by atoms with Crippen LogP contribution in [-0.4, -0.2) is 74.2 Å². The zero-order chi connectivity index (χ0) is 21.2. The first-order chi connectivity index (χ1) is 14.0. The number of ether oxygens (including phenoxy) is 1. The smallest absolute Gasteiger partial charge is 0.191 e. The van der Waals surface area contributed by atoms with E-state index in [4.69, 9.17) is 4.74 Å². The lowest BCUT2D eigenvalue weighted by atomic mass is 10.1. The van der Waals surface area contributed by atoms with E-state index in [9.17, 15) is 0 Å². The average molecular weight is 532 g/mol. The number of aryl methyl sites for hydroxylation is 1. The van der Waals surface area contributed by atoms with Gasteiger partial charge in [0.25, 0.3) is 0 Å². The molecule has 6 nitrogen and oxygen atoms in total. The fourth-order valence-electron chi connectivity index (χ4n) is 3.51. The standard InChI is InChI=1S/C23H41N5O.HI/c1-7-20(5)29-22-15-18(3)9-10-21(22)17-26-23(24-6)25-16-19(4)28-13-11-27(8-2)12-14-28;/h9-10,15,19-20H,7-8,11-14,16-17H2,1-6H3,(H2,24,25,26);1H. The maximum Gasteiger partial charge on any atom is 0.191 e. The Kier molecular flexibility index (Phi) is 12.7. The lowest BCUT2D eigenvalue weighted by Gasteiger charge is -2.37. The van der Waals surface area contributed by atoms with Crippen molar-refractivity contribution in [2.24, 2.45) is 4.99 Å². The van der Waals surface area contributed by atoms with Gasteiger partial charge >= 0.3 is 0 Å². The van der Waals surface area contributed by atoms with Crippen molar-refractivity contribution in [1.82, 2.24) is 20.4 Å². The van der Waals surface area contributed by atoms with Crippen LogP contribution >= 0.6 is 24.0 Å². The molecule has 0 bridgehead atoms.